The molecule has 1 rings (SSSR count). The van der Waals surface area contributed by atoms with Crippen molar-refractivity contribution < 1.29 is 4.92 Å². The summed E-state index contributed by atoms with van der Waals surface area (Å²) >= 11 is 0. The Labute approximate surface area is 95.1 Å². The third-order valence-electron chi connectivity index (χ3n) is 2.26. The molecule has 0 radical (unpaired) electrons. The van der Waals surface area contributed by atoms with E-state index in [0.717, 1.165) is 31.5 Å². The summed E-state index contributed by atoms with van der Waals surface area (Å²) in [6, 6.07) is 6.68. The number of nitro groups is 1. The van der Waals surface area contributed by atoms with Gasteiger partial charge in [-0.2, -0.15) is 0 Å². The van der Waals surface area contributed by atoms with Gasteiger partial charge in [-0.05, 0) is 31.5 Å². The van der Waals surface area contributed by atoms with Crippen molar-refractivity contribution in [2.24, 2.45) is 0 Å². The minimum absolute atomic E-state index is 0.142. The average Bonchev–Trinajstić information content (AvgIpc) is 2.29. The fourth-order valence-electron chi connectivity index (χ4n) is 1.35. The highest BCUT2D eigenvalue weighted by molar-refractivity contribution is 5.32. The standard InChI is InChI=1S/C12H16N2O2/c1-2-3-9-13-10-8-11-4-6-12(7-5-11)14(15)16/h2,4-7,13H,1,3,8-10H2. The largest absolute Gasteiger partial charge is 0.316 e. The van der Waals surface area contributed by atoms with Gasteiger partial charge in [0.1, 0.15) is 0 Å². The van der Waals surface area contributed by atoms with Crippen molar-refractivity contribution in [2.75, 3.05) is 13.1 Å². The highest BCUT2D eigenvalue weighted by atomic mass is 16.6. The molecule has 0 heterocycles. The van der Waals surface area contributed by atoms with Crippen molar-refractivity contribution in [3.8, 4) is 0 Å². The smallest absolute Gasteiger partial charge is 0.269 e. The molecule has 0 spiro atoms. The molecule has 0 aliphatic heterocycles. The lowest BCUT2D eigenvalue weighted by atomic mass is 10.1. The molecule has 1 aromatic rings. The van der Waals surface area contributed by atoms with Crippen molar-refractivity contribution in [2.45, 2.75) is 12.8 Å². The topological polar surface area (TPSA) is 55.2 Å². The van der Waals surface area contributed by atoms with Gasteiger partial charge in [0.05, 0.1) is 4.92 Å². The van der Waals surface area contributed by atoms with E-state index in [2.05, 4.69) is 11.9 Å². The summed E-state index contributed by atoms with van der Waals surface area (Å²) in [5, 5.41) is 13.7. The second-order valence-corrected chi connectivity index (χ2v) is 3.50. The van der Waals surface area contributed by atoms with Crippen LogP contribution in [0.25, 0.3) is 0 Å². The van der Waals surface area contributed by atoms with E-state index in [1.807, 2.05) is 6.08 Å². The number of hydrogen-bond acceptors (Lipinski definition) is 3. The van der Waals surface area contributed by atoms with Crippen LogP contribution in [0.5, 0.6) is 0 Å². The molecule has 86 valence electrons. The summed E-state index contributed by atoms with van der Waals surface area (Å²) < 4.78 is 0. The third-order valence-corrected chi connectivity index (χ3v) is 2.26. The van der Waals surface area contributed by atoms with Crippen LogP contribution in [-0.4, -0.2) is 18.0 Å². The van der Waals surface area contributed by atoms with Crippen LogP contribution in [0.15, 0.2) is 36.9 Å². The SMILES string of the molecule is C=CCCNCCc1ccc([N+](=O)[O-])cc1. The summed E-state index contributed by atoms with van der Waals surface area (Å²) in [6.07, 6.45) is 3.72. The zero-order valence-electron chi connectivity index (χ0n) is 9.19. The van der Waals surface area contributed by atoms with E-state index >= 15 is 0 Å². The quantitative estimate of drug-likeness (QED) is 0.332. The van der Waals surface area contributed by atoms with Crippen molar-refractivity contribution in [1.29, 1.82) is 0 Å². The Morgan fingerprint density at radius 3 is 2.56 bits per heavy atom. The predicted molar refractivity (Wildman–Crippen MR) is 64.5 cm³/mol. The lowest BCUT2D eigenvalue weighted by molar-refractivity contribution is -0.384. The molecule has 0 aliphatic rings. The molecule has 0 atom stereocenters. The van der Waals surface area contributed by atoms with E-state index in [9.17, 15) is 10.1 Å². The summed E-state index contributed by atoms with van der Waals surface area (Å²) in [5.41, 5.74) is 1.25. The van der Waals surface area contributed by atoms with Crippen LogP contribution in [0.3, 0.4) is 0 Å². The van der Waals surface area contributed by atoms with Gasteiger partial charge in [0.2, 0.25) is 0 Å². The Bertz CT molecular complexity index is 347. The van der Waals surface area contributed by atoms with Crippen LogP contribution >= 0.6 is 0 Å². The maximum atomic E-state index is 10.4. The van der Waals surface area contributed by atoms with Gasteiger partial charge in [-0.15, -0.1) is 6.58 Å². The molecule has 1 N–H and O–H groups in total. The van der Waals surface area contributed by atoms with Crippen LogP contribution in [0.2, 0.25) is 0 Å². The zero-order chi connectivity index (χ0) is 11.8. The molecular formula is C12H16N2O2. The number of nitro benzene ring substituents is 1. The third kappa shape index (κ3) is 4.23. The fraction of sp³-hybridized carbons (Fsp3) is 0.333. The van der Waals surface area contributed by atoms with Gasteiger partial charge in [0.25, 0.3) is 5.69 Å². The molecule has 0 unspecified atom stereocenters. The van der Waals surface area contributed by atoms with E-state index in [-0.39, 0.29) is 10.6 Å². The lowest BCUT2D eigenvalue weighted by Crippen LogP contribution is -2.17. The normalized spacial score (nSPS) is 10.0. The monoisotopic (exact) mass is 220 g/mol. The molecule has 0 aliphatic carbocycles. The van der Waals surface area contributed by atoms with Crippen LogP contribution in [-0.2, 0) is 6.42 Å². The molecular weight excluding hydrogens is 204 g/mol. The molecule has 0 saturated carbocycles. The van der Waals surface area contributed by atoms with Gasteiger partial charge in [-0.25, -0.2) is 0 Å². The maximum Gasteiger partial charge on any atom is 0.269 e. The lowest BCUT2D eigenvalue weighted by Gasteiger charge is -2.02. The molecule has 1 aromatic carbocycles. The van der Waals surface area contributed by atoms with Crippen LogP contribution in [0, 0.1) is 10.1 Å². The van der Waals surface area contributed by atoms with E-state index in [0.29, 0.717) is 0 Å². The first kappa shape index (κ1) is 12.4. The number of nitrogens with zero attached hydrogens (tertiary/aromatic N) is 1. The van der Waals surface area contributed by atoms with Crippen molar-refractivity contribution in [3.05, 3.63) is 52.6 Å². The van der Waals surface area contributed by atoms with Gasteiger partial charge >= 0.3 is 0 Å². The maximum absolute atomic E-state index is 10.4. The van der Waals surface area contributed by atoms with Crippen molar-refractivity contribution in [3.63, 3.8) is 0 Å². The molecule has 4 nitrogen and oxygen atoms in total. The number of non-ortho nitro benzene ring substituents is 1. The van der Waals surface area contributed by atoms with E-state index in [1.54, 1.807) is 24.3 Å². The van der Waals surface area contributed by atoms with Gasteiger partial charge in [-0.1, -0.05) is 18.2 Å². The molecule has 0 fully saturated rings. The Kier molecular flexibility index (Phi) is 5.22. The van der Waals surface area contributed by atoms with E-state index in [4.69, 9.17) is 0 Å². The molecule has 0 amide bonds. The molecule has 0 saturated heterocycles. The molecule has 0 aromatic heterocycles. The van der Waals surface area contributed by atoms with Crippen molar-refractivity contribution >= 4 is 5.69 Å². The molecule has 4 heteroatoms. The Hall–Kier alpha value is -1.68. The zero-order valence-corrected chi connectivity index (χ0v) is 9.19. The van der Waals surface area contributed by atoms with Crippen molar-refractivity contribution in [1.82, 2.24) is 5.32 Å². The molecule has 0 bridgehead atoms. The minimum Gasteiger partial charge on any atom is -0.316 e. The highest BCUT2D eigenvalue weighted by Gasteiger charge is 2.03. The highest BCUT2D eigenvalue weighted by Crippen LogP contribution is 2.11. The first-order chi connectivity index (χ1) is 7.74. The first-order valence-corrected chi connectivity index (χ1v) is 5.29. The first-order valence-electron chi connectivity index (χ1n) is 5.29. The molecule has 16 heavy (non-hydrogen) atoms. The number of rotatable bonds is 7. The van der Waals surface area contributed by atoms with Gasteiger partial charge in [-0.3, -0.25) is 10.1 Å². The Balaban J connectivity index is 2.32. The number of nitrogens with one attached hydrogen (secondary N) is 1. The van der Waals surface area contributed by atoms with Crippen LogP contribution in [0.4, 0.5) is 5.69 Å². The van der Waals surface area contributed by atoms with E-state index < -0.39 is 0 Å². The summed E-state index contributed by atoms with van der Waals surface area (Å²) in [4.78, 5) is 10.0. The summed E-state index contributed by atoms with van der Waals surface area (Å²) in [6.45, 7) is 5.45. The average molecular weight is 220 g/mol. The van der Waals surface area contributed by atoms with Gasteiger partial charge in [0, 0.05) is 12.1 Å². The minimum atomic E-state index is -0.383. The van der Waals surface area contributed by atoms with Gasteiger partial charge in [0.15, 0.2) is 0 Å². The predicted octanol–water partition coefficient (Wildman–Crippen LogP) is 2.30. The number of benzene rings is 1. The second kappa shape index (κ2) is 6.74. The Morgan fingerprint density at radius 2 is 2.00 bits per heavy atom. The number of hydrogen-bond donors (Lipinski definition) is 1. The fourth-order valence-corrected chi connectivity index (χ4v) is 1.35. The summed E-state index contributed by atoms with van der Waals surface area (Å²) in [5.74, 6) is 0. The van der Waals surface area contributed by atoms with Gasteiger partial charge < -0.3 is 5.32 Å². The Morgan fingerprint density at radius 1 is 1.31 bits per heavy atom. The summed E-state index contributed by atoms with van der Waals surface area (Å²) in [7, 11) is 0. The van der Waals surface area contributed by atoms with Crippen LogP contribution in [0.1, 0.15) is 12.0 Å². The van der Waals surface area contributed by atoms with E-state index in [1.165, 1.54) is 0 Å². The second-order valence-electron chi connectivity index (χ2n) is 3.50. The van der Waals surface area contributed by atoms with Crippen LogP contribution < -0.4 is 5.32 Å².